The van der Waals surface area contributed by atoms with Crippen LogP contribution >= 0.6 is 0 Å². The minimum atomic E-state index is 0.494. The van der Waals surface area contributed by atoms with Crippen molar-refractivity contribution in [2.75, 3.05) is 6.61 Å². The Morgan fingerprint density at radius 1 is 0.905 bits per heavy atom. The average molecular weight is 280 g/mol. The highest BCUT2D eigenvalue weighted by molar-refractivity contribution is 5.41. The molecular formula is C19H20O2. The van der Waals surface area contributed by atoms with Crippen molar-refractivity contribution in [2.45, 2.75) is 13.0 Å². The highest BCUT2D eigenvalue weighted by Gasteiger charge is 2.05. The zero-order valence-corrected chi connectivity index (χ0v) is 12.1. The molecule has 0 radical (unpaired) electrons. The van der Waals surface area contributed by atoms with Crippen LogP contribution in [0.4, 0.5) is 0 Å². The lowest BCUT2D eigenvalue weighted by Gasteiger charge is -2.12. The summed E-state index contributed by atoms with van der Waals surface area (Å²) >= 11 is 0. The summed E-state index contributed by atoms with van der Waals surface area (Å²) in [6.07, 6.45) is 4.34. The van der Waals surface area contributed by atoms with Crippen LogP contribution in [0.15, 0.2) is 73.8 Å². The van der Waals surface area contributed by atoms with Crippen LogP contribution in [0.1, 0.15) is 11.1 Å². The number of hydrogen-bond acceptors (Lipinski definition) is 2. The van der Waals surface area contributed by atoms with Gasteiger partial charge in [-0.3, -0.25) is 0 Å². The maximum absolute atomic E-state index is 5.83. The molecule has 0 bridgehead atoms. The molecule has 0 heterocycles. The second-order valence-electron chi connectivity index (χ2n) is 4.64. The van der Waals surface area contributed by atoms with E-state index in [1.807, 2.05) is 54.6 Å². The van der Waals surface area contributed by atoms with E-state index in [1.54, 1.807) is 6.08 Å². The molecule has 2 aromatic carbocycles. The van der Waals surface area contributed by atoms with E-state index < -0.39 is 0 Å². The fourth-order valence-electron chi connectivity index (χ4n) is 1.99. The number of hydrogen-bond donors (Lipinski definition) is 0. The molecule has 21 heavy (non-hydrogen) atoms. The SMILES string of the molecule is C=CCOc1ccc(OCc2ccccc2)cc1CC=C. The quantitative estimate of drug-likeness (QED) is 0.660. The van der Waals surface area contributed by atoms with Crippen LogP contribution in [0.5, 0.6) is 11.5 Å². The highest BCUT2D eigenvalue weighted by atomic mass is 16.5. The molecule has 0 aliphatic rings. The largest absolute Gasteiger partial charge is 0.489 e. The van der Waals surface area contributed by atoms with Gasteiger partial charge in [0.1, 0.15) is 24.7 Å². The maximum atomic E-state index is 5.83. The summed E-state index contributed by atoms with van der Waals surface area (Å²) in [7, 11) is 0. The molecule has 2 rings (SSSR count). The first-order chi connectivity index (χ1) is 10.3. The standard InChI is InChI=1S/C19H20O2/c1-3-8-17-14-18(11-12-19(17)20-13-4-2)21-15-16-9-6-5-7-10-16/h3-7,9-12,14H,1-2,8,13,15H2. The average Bonchev–Trinajstić information content (AvgIpc) is 2.53. The summed E-state index contributed by atoms with van der Waals surface area (Å²) in [6.45, 7) is 8.50. The Morgan fingerprint density at radius 3 is 2.43 bits per heavy atom. The Kier molecular flexibility index (Phi) is 5.65. The van der Waals surface area contributed by atoms with Crippen molar-refractivity contribution < 1.29 is 9.47 Å². The first kappa shape index (κ1) is 14.9. The third kappa shape index (κ3) is 4.53. The van der Waals surface area contributed by atoms with Crippen molar-refractivity contribution in [3.8, 4) is 11.5 Å². The van der Waals surface area contributed by atoms with Crippen LogP contribution in [-0.4, -0.2) is 6.61 Å². The fourth-order valence-corrected chi connectivity index (χ4v) is 1.99. The lowest BCUT2D eigenvalue weighted by atomic mass is 10.1. The predicted octanol–water partition coefficient (Wildman–Crippen LogP) is 4.56. The minimum absolute atomic E-state index is 0.494. The lowest BCUT2D eigenvalue weighted by molar-refractivity contribution is 0.304. The van der Waals surface area contributed by atoms with E-state index in [0.29, 0.717) is 13.2 Å². The Morgan fingerprint density at radius 2 is 1.71 bits per heavy atom. The van der Waals surface area contributed by atoms with Gasteiger partial charge < -0.3 is 9.47 Å². The molecule has 2 nitrogen and oxygen atoms in total. The third-order valence-electron chi connectivity index (χ3n) is 3.00. The Labute approximate surface area is 126 Å². The molecule has 0 spiro atoms. The first-order valence-electron chi connectivity index (χ1n) is 6.97. The van der Waals surface area contributed by atoms with E-state index in [1.165, 1.54) is 0 Å². The maximum Gasteiger partial charge on any atom is 0.123 e. The van der Waals surface area contributed by atoms with Crippen molar-refractivity contribution in [1.82, 2.24) is 0 Å². The molecule has 0 amide bonds. The second-order valence-corrected chi connectivity index (χ2v) is 4.64. The summed E-state index contributed by atoms with van der Waals surface area (Å²) in [5.41, 5.74) is 2.21. The van der Waals surface area contributed by atoms with Gasteiger partial charge >= 0.3 is 0 Å². The monoisotopic (exact) mass is 280 g/mol. The molecule has 0 saturated heterocycles. The van der Waals surface area contributed by atoms with E-state index in [4.69, 9.17) is 9.47 Å². The van der Waals surface area contributed by atoms with Crippen molar-refractivity contribution in [1.29, 1.82) is 0 Å². The van der Waals surface area contributed by atoms with E-state index >= 15 is 0 Å². The van der Waals surface area contributed by atoms with Crippen molar-refractivity contribution >= 4 is 0 Å². The Balaban J connectivity index is 2.07. The van der Waals surface area contributed by atoms with Crippen LogP contribution in [0.25, 0.3) is 0 Å². The molecule has 2 heteroatoms. The van der Waals surface area contributed by atoms with Gasteiger partial charge in [-0.05, 0) is 30.2 Å². The molecule has 0 fully saturated rings. The summed E-state index contributed by atoms with van der Waals surface area (Å²) in [4.78, 5) is 0. The van der Waals surface area contributed by atoms with E-state index in [0.717, 1.165) is 29.0 Å². The summed E-state index contributed by atoms with van der Waals surface area (Å²) in [6, 6.07) is 16.0. The summed E-state index contributed by atoms with van der Waals surface area (Å²) < 4.78 is 11.5. The van der Waals surface area contributed by atoms with E-state index in [2.05, 4.69) is 13.2 Å². The minimum Gasteiger partial charge on any atom is -0.489 e. The van der Waals surface area contributed by atoms with Crippen LogP contribution < -0.4 is 9.47 Å². The highest BCUT2D eigenvalue weighted by Crippen LogP contribution is 2.25. The summed E-state index contributed by atoms with van der Waals surface area (Å²) in [5, 5.41) is 0. The van der Waals surface area contributed by atoms with Gasteiger partial charge in [-0.1, -0.05) is 49.1 Å². The van der Waals surface area contributed by atoms with Crippen LogP contribution in [-0.2, 0) is 13.0 Å². The summed E-state index contributed by atoms with van der Waals surface area (Å²) in [5.74, 6) is 1.68. The van der Waals surface area contributed by atoms with Gasteiger partial charge in [0.25, 0.3) is 0 Å². The first-order valence-corrected chi connectivity index (χ1v) is 6.97. The predicted molar refractivity (Wildman–Crippen MR) is 86.8 cm³/mol. The van der Waals surface area contributed by atoms with Crippen molar-refractivity contribution in [2.24, 2.45) is 0 Å². The fraction of sp³-hybridized carbons (Fsp3) is 0.158. The Bertz CT molecular complexity index is 588. The van der Waals surface area contributed by atoms with E-state index in [-0.39, 0.29) is 0 Å². The van der Waals surface area contributed by atoms with E-state index in [9.17, 15) is 0 Å². The van der Waals surface area contributed by atoms with Crippen molar-refractivity contribution in [3.05, 3.63) is 85.0 Å². The number of benzene rings is 2. The molecule has 0 aliphatic heterocycles. The van der Waals surface area contributed by atoms with Gasteiger partial charge in [-0.25, -0.2) is 0 Å². The molecular weight excluding hydrogens is 260 g/mol. The van der Waals surface area contributed by atoms with Gasteiger partial charge in [0.05, 0.1) is 0 Å². The van der Waals surface area contributed by atoms with Crippen molar-refractivity contribution in [3.63, 3.8) is 0 Å². The zero-order chi connectivity index (χ0) is 14.9. The second kappa shape index (κ2) is 7.95. The molecule has 0 aliphatic carbocycles. The molecule has 0 unspecified atom stereocenters. The normalized spacial score (nSPS) is 9.90. The number of rotatable bonds is 8. The van der Waals surface area contributed by atoms with Crippen LogP contribution in [0, 0.1) is 0 Å². The molecule has 0 atom stereocenters. The van der Waals surface area contributed by atoms with Gasteiger partial charge in [0, 0.05) is 5.56 Å². The molecule has 2 aromatic rings. The van der Waals surface area contributed by atoms with Gasteiger partial charge in [-0.2, -0.15) is 0 Å². The molecule has 0 aromatic heterocycles. The number of ether oxygens (including phenoxy) is 2. The van der Waals surface area contributed by atoms with Crippen LogP contribution in [0.3, 0.4) is 0 Å². The van der Waals surface area contributed by atoms with Crippen LogP contribution in [0.2, 0.25) is 0 Å². The Hall–Kier alpha value is -2.48. The van der Waals surface area contributed by atoms with Gasteiger partial charge in [0.2, 0.25) is 0 Å². The number of allylic oxidation sites excluding steroid dienone is 1. The van der Waals surface area contributed by atoms with Gasteiger partial charge in [0.15, 0.2) is 0 Å². The molecule has 0 N–H and O–H groups in total. The van der Waals surface area contributed by atoms with Gasteiger partial charge in [-0.15, -0.1) is 6.58 Å². The lowest BCUT2D eigenvalue weighted by Crippen LogP contribution is -1.99. The third-order valence-corrected chi connectivity index (χ3v) is 3.00. The topological polar surface area (TPSA) is 18.5 Å². The smallest absolute Gasteiger partial charge is 0.123 e. The zero-order valence-electron chi connectivity index (χ0n) is 12.1. The molecule has 108 valence electrons. The molecule has 0 saturated carbocycles.